The lowest BCUT2D eigenvalue weighted by molar-refractivity contribution is -0.128. The van der Waals surface area contributed by atoms with Gasteiger partial charge in [0.15, 0.2) is 0 Å². The van der Waals surface area contributed by atoms with Gasteiger partial charge >= 0.3 is 0 Å². The second kappa shape index (κ2) is 11.2. The fourth-order valence-corrected chi connectivity index (χ4v) is 4.66. The molecule has 1 N–H and O–H groups in total. The lowest BCUT2D eigenvalue weighted by atomic mass is 10.00. The molecule has 5 rings (SSSR count). The van der Waals surface area contributed by atoms with E-state index in [0.29, 0.717) is 28.0 Å². The summed E-state index contributed by atoms with van der Waals surface area (Å²) in [5, 5.41) is 22.9. The van der Waals surface area contributed by atoms with Gasteiger partial charge in [-0.1, -0.05) is 29.5 Å². The van der Waals surface area contributed by atoms with Gasteiger partial charge in [-0.15, -0.1) is 10.2 Å². The van der Waals surface area contributed by atoms with E-state index in [4.69, 9.17) is 4.74 Å². The predicted octanol–water partition coefficient (Wildman–Crippen LogP) is 3.41. The topological polar surface area (TPSA) is 133 Å². The van der Waals surface area contributed by atoms with Crippen molar-refractivity contribution in [3.63, 3.8) is 0 Å². The van der Waals surface area contributed by atoms with E-state index < -0.39 is 11.6 Å². The summed E-state index contributed by atoms with van der Waals surface area (Å²) in [7, 11) is 1.56. The van der Waals surface area contributed by atoms with E-state index in [2.05, 4.69) is 31.2 Å². The Balaban J connectivity index is 1.65. The van der Waals surface area contributed by atoms with Gasteiger partial charge in [0.05, 0.1) is 18.3 Å². The van der Waals surface area contributed by atoms with Crippen molar-refractivity contribution in [3.8, 4) is 11.4 Å². The molecule has 2 amide bonds. The van der Waals surface area contributed by atoms with Crippen LogP contribution in [0.1, 0.15) is 37.9 Å². The number of hydrogen-bond donors (Lipinski definition) is 1. The van der Waals surface area contributed by atoms with E-state index in [1.54, 1.807) is 36.1 Å². The maximum atomic E-state index is 14.3. The van der Waals surface area contributed by atoms with Crippen molar-refractivity contribution >= 4 is 28.5 Å². The van der Waals surface area contributed by atoms with Crippen LogP contribution in [0, 0.1) is 6.92 Å². The first kappa shape index (κ1) is 27.4. The third-order valence-corrected chi connectivity index (χ3v) is 6.44. The van der Waals surface area contributed by atoms with E-state index in [0.717, 1.165) is 11.3 Å². The molecule has 0 bridgehead atoms. The molecule has 0 spiro atoms. The quantitative estimate of drug-likeness (QED) is 0.309. The Morgan fingerprint density at radius 2 is 1.83 bits per heavy atom. The molecule has 3 aromatic carbocycles. The highest BCUT2D eigenvalue weighted by molar-refractivity contribution is 6.02. The van der Waals surface area contributed by atoms with Crippen molar-refractivity contribution in [2.45, 2.75) is 45.8 Å². The summed E-state index contributed by atoms with van der Waals surface area (Å²) >= 11 is 0. The zero-order valence-electron chi connectivity index (χ0n) is 23.5. The summed E-state index contributed by atoms with van der Waals surface area (Å²) in [6, 6.07) is 19.0. The number of carbonyl (C=O) groups is 2. The van der Waals surface area contributed by atoms with E-state index in [9.17, 15) is 9.59 Å². The molecule has 0 unspecified atom stereocenters. The minimum Gasteiger partial charge on any atom is -0.497 e. The Kier molecular flexibility index (Phi) is 7.47. The van der Waals surface area contributed by atoms with Gasteiger partial charge in [-0.3, -0.25) is 14.5 Å². The third kappa shape index (κ3) is 5.91. The number of methoxy groups -OCH3 is 1. The van der Waals surface area contributed by atoms with Crippen molar-refractivity contribution in [1.82, 2.24) is 40.5 Å². The SMILES string of the molecule is COc1cccc([C@@H](C(=O)NC(C)(C)C)N(C(=O)Cn2nnc3ccccc32)c2ccc(-n3cnnn3)c(C)c2)c1. The molecule has 0 aliphatic heterocycles. The first-order chi connectivity index (χ1) is 19.6. The number of ether oxygens (including phenoxy) is 1. The van der Waals surface area contributed by atoms with E-state index in [1.165, 1.54) is 15.9 Å². The molecule has 5 aromatic rings. The van der Waals surface area contributed by atoms with Gasteiger partial charge in [0.25, 0.3) is 0 Å². The number of hydrogen-bond acceptors (Lipinski definition) is 8. The molecule has 0 radical (unpaired) electrons. The summed E-state index contributed by atoms with van der Waals surface area (Å²) in [6.45, 7) is 7.44. The highest BCUT2D eigenvalue weighted by atomic mass is 16.5. The number of fused-ring (bicyclic) bond motifs is 1. The van der Waals surface area contributed by atoms with Gasteiger partial charge in [0.1, 0.15) is 30.2 Å². The van der Waals surface area contributed by atoms with Crippen molar-refractivity contribution in [2.75, 3.05) is 12.0 Å². The van der Waals surface area contributed by atoms with Crippen LogP contribution in [0.25, 0.3) is 16.7 Å². The molecule has 0 aliphatic rings. The van der Waals surface area contributed by atoms with Gasteiger partial charge in [-0.25, -0.2) is 9.36 Å². The van der Waals surface area contributed by atoms with Crippen LogP contribution < -0.4 is 15.0 Å². The highest BCUT2D eigenvalue weighted by Crippen LogP contribution is 2.32. The first-order valence-corrected chi connectivity index (χ1v) is 13.0. The predicted molar refractivity (Wildman–Crippen MR) is 153 cm³/mol. The van der Waals surface area contributed by atoms with E-state index in [-0.39, 0.29) is 18.4 Å². The number of amides is 2. The fourth-order valence-electron chi connectivity index (χ4n) is 4.66. The van der Waals surface area contributed by atoms with Crippen LogP contribution in [0.2, 0.25) is 0 Å². The smallest absolute Gasteiger partial charge is 0.249 e. The molecule has 12 nitrogen and oxygen atoms in total. The van der Waals surface area contributed by atoms with Gasteiger partial charge < -0.3 is 10.1 Å². The molecule has 0 saturated carbocycles. The van der Waals surface area contributed by atoms with Crippen molar-refractivity contribution in [2.24, 2.45) is 0 Å². The lowest BCUT2D eigenvalue weighted by Gasteiger charge is -2.34. The molecule has 0 saturated heterocycles. The average molecular weight is 554 g/mol. The molecule has 0 aliphatic carbocycles. The summed E-state index contributed by atoms with van der Waals surface area (Å²) in [5.74, 6) is -0.132. The third-order valence-electron chi connectivity index (χ3n) is 6.44. The number of anilines is 1. The van der Waals surface area contributed by atoms with Crippen LogP contribution >= 0.6 is 0 Å². The molecular formula is C29H31N9O3. The Labute approximate surface area is 236 Å². The maximum Gasteiger partial charge on any atom is 0.249 e. The van der Waals surface area contributed by atoms with Gasteiger partial charge in [0.2, 0.25) is 11.8 Å². The molecule has 210 valence electrons. The normalized spacial score (nSPS) is 12.2. The van der Waals surface area contributed by atoms with Crippen LogP contribution in [0.4, 0.5) is 5.69 Å². The van der Waals surface area contributed by atoms with E-state index >= 15 is 0 Å². The number of benzene rings is 3. The molecule has 2 heterocycles. The second-order valence-corrected chi connectivity index (χ2v) is 10.6. The maximum absolute atomic E-state index is 14.3. The minimum absolute atomic E-state index is 0.141. The number of rotatable bonds is 8. The van der Waals surface area contributed by atoms with Gasteiger partial charge in [-0.05, 0) is 91.7 Å². The highest BCUT2D eigenvalue weighted by Gasteiger charge is 2.35. The Morgan fingerprint density at radius 3 is 2.54 bits per heavy atom. The summed E-state index contributed by atoms with van der Waals surface area (Å²) in [6.07, 6.45) is 1.50. The molecular weight excluding hydrogens is 522 g/mol. The number of aryl methyl sites for hydroxylation is 1. The molecule has 2 aromatic heterocycles. The van der Waals surface area contributed by atoms with Crippen molar-refractivity contribution < 1.29 is 14.3 Å². The van der Waals surface area contributed by atoms with Crippen molar-refractivity contribution in [3.05, 3.63) is 84.2 Å². The van der Waals surface area contributed by atoms with Crippen LogP contribution in [-0.4, -0.2) is 59.7 Å². The van der Waals surface area contributed by atoms with Crippen LogP contribution in [0.15, 0.2) is 73.1 Å². The Hall–Kier alpha value is -5.13. The molecule has 41 heavy (non-hydrogen) atoms. The number of nitrogens with one attached hydrogen (secondary N) is 1. The van der Waals surface area contributed by atoms with E-state index in [1.807, 2.05) is 70.2 Å². The van der Waals surface area contributed by atoms with Crippen LogP contribution in [-0.2, 0) is 16.1 Å². The zero-order valence-corrected chi connectivity index (χ0v) is 23.5. The molecule has 12 heteroatoms. The number of tetrazole rings is 1. The summed E-state index contributed by atoms with van der Waals surface area (Å²) in [5.41, 5.74) is 3.48. The zero-order chi connectivity index (χ0) is 29.1. The number of aromatic nitrogens is 7. The summed E-state index contributed by atoms with van der Waals surface area (Å²) < 4.78 is 8.54. The standard InChI is InChI=1S/C29H31N9O3/c1-19-15-21(13-14-24(19)37-18-30-33-35-37)38(26(39)17-36-25-12-7-6-11-23(25)32-34-36)27(28(40)31-29(2,3)4)20-9-8-10-22(16-20)41-5/h6-16,18,27H,17H2,1-5H3,(H,31,40)/t27-/m0/s1. The average Bonchev–Trinajstić information content (AvgIpc) is 3.61. The fraction of sp³-hybridized carbons (Fsp3) is 0.276. The van der Waals surface area contributed by atoms with Gasteiger partial charge in [0, 0.05) is 11.2 Å². The second-order valence-electron chi connectivity index (χ2n) is 10.6. The number of carbonyl (C=O) groups excluding carboxylic acids is 2. The minimum atomic E-state index is -1.02. The number of nitrogens with zero attached hydrogens (tertiary/aromatic N) is 8. The Bertz CT molecular complexity index is 1690. The molecule has 1 atom stereocenters. The number of para-hydroxylation sites is 1. The lowest BCUT2D eigenvalue weighted by Crippen LogP contribution is -2.50. The first-order valence-electron chi connectivity index (χ1n) is 13.0. The largest absolute Gasteiger partial charge is 0.497 e. The molecule has 0 fully saturated rings. The van der Waals surface area contributed by atoms with Crippen molar-refractivity contribution in [1.29, 1.82) is 0 Å². The van der Waals surface area contributed by atoms with Crippen LogP contribution in [0.3, 0.4) is 0 Å². The van der Waals surface area contributed by atoms with Gasteiger partial charge in [-0.2, -0.15) is 0 Å². The monoisotopic (exact) mass is 553 g/mol. The van der Waals surface area contributed by atoms with Crippen LogP contribution in [0.5, 0.6) is 5.75 Å². The Morgan fingerprint density at radius 1 is 1.02 bits per heavy atom. The summed E-state index contributed by atoms with van der Waals surface area (Å²) in [4.78, 5) is 29.8.